The number of hydrogen-bond acceptors (Lipinski definition) is 5. The number of epoxide rings is 1. The molecule has 1 saturated heterocycles. The number of carbonyl (C=O) groups is 1. The zero-order valence-electron chi connectivity index (χ0n) is 22.3. The molecule has 0 aromatic heterocycles. The highest BCUT2D eigenvalue weighted by molar-refractivity contribution is 6.83. The summed E-state index contributed by atoms with van der Waals surface area (Å²) in [4.78, 5) is 11.7. The van der Waals surface area contributed by atoms with Gasteiger partial charge in [0.1, 0.15) is 32.0 Å². The largest absolute Gasteiger partial charge is 0.508 e. The molecule has 188 valence electrons. The van der Waals surface area contributed by atoms with Crippen LogP contribution < -0.4 is 0 Å². The van der Waals surface area contributed by atoms with Crippen molar-refractivity contribution in [1.29, 1.82) is 0 Å². The molecule has 1 N–H and O–H groups in total. The zero-order valence-corrected chi connectivity index (χ0v) is 23.3. The van der Waals surface area contributed by atoms with Gasteiger partial charge in [0, 0.05) is 0 Å². The second-order valence-corrected chi connectivity index (χ2v) is 16.2. The van der Waals surface area contributed by atoms with Crippen LogP contribution in [-0.2, 0) is 14.2 Å². The number of unbranched alkanes of at least 4 members (excludes halogenated alkanes) is 1. The summed E-state index contributed by atoms with van der Waals surface area (Å²) >= 11 is 0. The lowest BCUT2D eigenvalue weighted by molar-refractivity contribution is -0.0150. The van der Waals surface area contributed by atoms with Crippen LogP contribution in [-0.4, -0.2) is 49.4 Å². The molecule has 0 spiro atoms. The van der Waals surface area contributed by atoms with Crippen LogP contribution in [0.15, 0.2) is 23.3 Å². The molecule has 1 fully saturated rings. The molecule has 1 heterocycles. The average molecular weight is 479 g/mol. The third kappa shape index (κ3) is 14.3. The predicted molar refractivity (Wildman–Crippen MR) is 138 cm³/mol. The van der Waals surface area contributed by atoms with Gasteiger partial charge in [-0.1, -0.05) is 48.9 Å². The molecule has 6 heteroatoms. The van der Waals surface area contributed by atoms with Crippen LogP contribution in [0.25, 0.3) is 0 Å². The van der Waals surface area contributed by atoms with E-state index in [1.165, 1.54) is 11.1 Å². The van der Waals surface area contributed by atoms with Crippen molar-refractivity contribution in [2.24, 2.45) is 0 Å². The minimum Gasteiger partial charge on any atom is -0.431 e. The van der Waals surface area contributed by atoms with E-state index in [-0.39, 0.29) is 12.7 Å². The maximum atomic E-state index is 11.7. The Labute approximate surface area is 203 Å². The monoisotopic (exact) mass is 478 g/mol. The standard InChI is InChI=1S/C27H46O5Si/c1-21(14-16-23(28)18-19-33(7,8)9)12-10-11-13-22(2)15-17-24-27(6,31-24)20-30-25(29)32-26(3,4)5/h12-13,23-24,28H,10-11,14-17,20H2,1-9H3/b21-12+,22-13+/t23?,24-,27-/m0/s1. The van der Waals surface area contributed by atoms with Gasteiger partial charge in [-0.2, -0.15) is 0 Å². The Kier molecular flexibility index (Phi) is 11.4. The van der Waals surface area contributed by atoms with E-state index < -0.39 is 31.5 Å². The van der Waals surface area contributed by atoms with Gasteiger partial charge < -0.3 is 19.3 Å². The lowest BCUT2D eigenvalue weighted by Crippen LogP contribution is -2.28. The molecule has 0 amide bonds. The van der Waals surface area contributed by atoms with Crippen molar-refractivity contribution in [2.75, 3.05) is 6.61 Å². The van der Waals surface area contributed by atoms with E-state index >= 15 is 0 Å². The van der Waals surface area contributed by atoms with Crippen LogP contribution in [0.4, 0.5) is 4.79 Å². The van der Waals surface area contributed by atoms with Crippen molar-refractivity contribution in [1.82, 2.24) is 0 Å². The Balaban J connectivity index is 2.24. The summed E-state index contributed by atoms with van der Waals surface area (Å²) in [6.45, 7) is 18.5. The normalized spacial score (nSPS) is 22.3. The van der Waals surface area contributed by atoms with Gasteiger partial charge in [-0.15, -0.1) is 5.54 Å². The highest BCUT2D eigenvalue weighted by Gasteiger charge is 2.52. The van der Waals surface area contributed by atoms with Gasteiger partial charge in [-0.3, -0.25) is 0 Å². The van der Waals surface area contributed by atoms with Crippen molar-refractivity contribution in [2.45, 2.75) is 123 Å². The van der Waals surface area contributed by atoms with Crippen molar-refractivity contribution >= 4 is 14.2 Å². The SMILES string of the molecule is C/C(=C\CC/C=C(\C)CC[C@@H]1O[C@@]1(C)COC(=O)OC(C)(C)C)CCC(O)C#C[Si](C)(C)C. The molecule has 3 atom stereocenters. The third-order valence-electron chi connectivity index (χ3n) is 5.28. The van der Waals surface area contributed by atoms with E-state index in [1.54, 1.807) is 0 Å². The van der Waals surface area contributed by atoms with Crippen molar-refractivity contribution in [3.8, 4) is 11.5 Å². The smallest absolute Gasteiger partial charge is 0.431 e. The number of carbonyl (C=O) groups excluding carboxylic acids is 1. The molecule has 1 aliphatic rings. The molecule has 5 nitrogen and oxygen atoms in total. The number of aliphatic hydroxyl groups excluding tert-OH is 1. The quantitative estimate of drug-likeness (QED) is 0.0908. The van der Waals surface area contributed by atoms with Gasteiger partial charge in [-0.05, 0) is 80.1 Å². The van der Waals surface area contributed by atoms with Crippen molar-refractivity contribution in [3.63, 3.8) is 0 Å². The van der Waals surface area contributed by atoms with Gasteiger partial charge in [0.15, 0.2) is 0 Å². The molecule has 0 aromatic rings. The Bertz CT molecular complexity index is 760. The van der Waals surface area contributed by atoms with Crippen LogP contribution in [0.1, 0.15) is 80.1 Å². The van der Waals surface area contributed by atoms with E-state index in [4.69, 9.17) is 14.2 Å². The lowest BCUT2D eigenvalue weighted by atomic mass is 10.0. The second kappa shape index (κ2) is 12.8. The summed E-state index contributed by atoms with van der Waals surface area (Å²) < 4.78 is 16.2. The average Bonchev–Trinajstić information content (AvgIpc) is 3.33. The number of allylic oxidation sites excluding steroid dienone is 4. The van der Waals surface area contributed by atoms with E-state index in [2.05, 4.69) is 57.1 Å². The highest BCUT2D eigenvalue weighted by Crippen LogP contribution is 2.40. The fourth-order valence-electron chi connectivity index (χ4n) is 3.22. The Hall–Kier alpha value is -1.55. The van der Waals surface area contributed by atoms with Crippen molar-refractivity contribution in [3.05, 3.63) is 23.3 Å². The molecule has 0 bridgehead atoms. The summed E-state index contributed by atoms with van der Waals surface area (Å²) in [6, 6.07) is 0. The maximum absolute atomic E-state index is 11.7. The molecular formula is C27H46O5Si. The highest BCUT2D eigenvalue weighted by atomic mass is 28.3. The first-order valence-corrected chi connectivity index (χ1v) is 15.7. The topological polar surface area (TPSA) is 68.3 Å². The van der Waals surface area contributed by atoms with Crippen LogP contribution in [0.5, 0.6) is 0 Å². The molecule has 0 aliphatic carbocycles. The Morgan fingerprint density at radius 3 is 2.27 bits per heavy atom. The third-order valence-corrected chi connectivity index (χ3v) is 6.17. The Morgan fingerprint density at radius 1 is 1.15 bits per heavy atom. The van der Waals surface area contributed by atoms with E-state index in [0.29, 0.717) is 6.42 Å². The lowest BCUT2D eigenvalue weighted by Gasteiger charge is -2.19. The van der Waals surface area contributed by atoms with E-state index in [1.807, 2.05) is 27.7 Å². The molecule has 0 radical (unpaired) electrons. The first-order valence-electron chi connectivity index (χ1n) is 12.2. The number of hydrogen-bond donors (Lipinski definition) is 1. The van der Waals surface area contributed by atoms with Crippen LogP contribution in [0.3, 0.4) is 0 Å². The fourth-order valence-corrected chi connectivity index (χ4v) is 3.82. The first kappa shape index (κ1) is 29.5. The summed E-state index contributed by atoms with van der Waals surface area (Å²) in [6.07, 6.45) is 8.97. The molecule has 1 aliphatic heterocycles. The zero-order chi connectivity index (χ0) is 25.3. The van der Waals surface area contributed by atoms with E-state index in [9.17, 15) is 9.90 Å². The molecule has 1 rings (SSSR count). The van der Waals surface area contributed by atoms with Gasteiger partial charge in [0.25, 0.3) is 0 Å². The maximum Gasteiger partial charge on any atom is 0.508 e. The summed E-state index contributed by atoms with van der Waals surface area (Å²) in [5.74, 6) is 3.01. The van der Waals surface area contributed by atoms with Gasteiger partial charge in [0.05, 0.1) is 6.10 Å². The van der Waals surface area contributed by atoms with Gasteiger partial charge in [-0.25, -0.2) is 4.79 Å². The van der Waals surface area contributed by atoms with Crippen LogP contribution >= 0.6 is 0 Å². The molecule has 33 heavy (non-hydrogen) atoms. The number of aliphatic hydroxyl groups is 1. The molecular weight excluding hydrogens is 432 g/mol. The fraction of sp³-hybridized carbons (Fsp3) is 0.741. The molecule has 0 saturated carbocycles. The van der Waals surface area contributed by atoms with Gasteiger partial charge >= 0.3 is 6.16 Å². The minimum absolute atomic E-state index is 0.112. The number of ether oxygens (including phenoxy) is 3. The minimum atomic E-state index is -1.42. The molecule has 1 unspecified atom stereocenters. The second-order valence-electron chi connectivity index (χ2n) is 11.5. The van der Waals surface area contributed by atoms with Crippen LogP contribution in [0, 0.1) is 11.5 Å². The summed E-state index contributed by atoms with van der Waals surface area (Å²) in [5.41, 5.74) is 4.94. The first-order chi connectivity index (χ1) is 15.1. The predicted octanol–water partition coefficient (Wildman–Crippen LogP) is 6.57. The van der Waals surface area contributed by atoms with E-state index in [0.717, 1.165) is 32.1 Å². The van der Waals surface area contributed by atoms with Gasteiger partial charge in [0.2, 0.25) is 0 Å². The Morgan fingerprint density at radius 2 is 1.73 bits per heavy atom. The number of rotatable bonds is 11. The van der Waals surface area contributed by atoms with Crippen molar-refractivity contribution < 1.29 is 24.1 Å². The summed E-state index contributed by atoms with van der Waals surface area (Å²) in [7, 11) is -1.42. The van der Waals surface area contributed by atoms with Crippen LogP contribution in [0.2, 0.25) is 19.6 Å². The summed E-state index contributed by atoms with van der Waals surface area (Å²) in [5, 5.41) is 10.0. The molecule has 0 aromatic carbocycles.